The molecule has 1 saturated carbocycles. The van der Waals surface area contributed by atoms with Gasteiger partial charge >= 0.3 is 11.9 Å². The monoisotopic (exact) mass is 385 g/mol. The van der Waals surface area contributed by atoms with E-state index >= 15 is 0 Å². The molecule has 27 heavy (non-hydrogen) atoms. The van der Waals surface area contributed by atoms with Crippen LogP contribution in [0.3, 0.4) is 0 Å². The molecule has 0 aromatic heterocycles. The molecule has 1 fully saturated rings. The van der Waals surface area contributed by atoms with Crippen molar-refractivity contribution in [2.45, 2.75) is 65.2 Å². The number of carbonyl (C=O) groups is 2. The molecule has 0 aromatic carbocycles. The summed E-state index contributed by atoms with van der Waals surface area (Å²) in [6, 6.07) is 0. The Morgan fingerprint density at radius 2 is 1.37 bits per heavy atom. The van der Waals surface area contributed by atoms with E-state index in [2.05, 4.69) is 11.8 Å². The van der Waals surface area contributed by atoms with Gasteiger partial charge in [0, 0.05) is 26.1 Å². The van der Waals surface area contributed by atoms with Crippen LogP contribution in [-0.4, -0.2) is 63.4 Å². The van der Waals surface area contributed by atoms with Crippen LogP contribution in [0, 0.1) is 11.8 Å². The Balaban J connectivity index is 2.05. The molecule has 158 valence electrons. The van der Waals surface area contributed by atoms with Gasteiger partial charge in [0.15, 0.2) is 0 Å². The lowest BCUT2D eigenvalue weighted by Crippen LogP contribution is -2.27. The fourth-order valence-corrected chi connectivity index (χ4v) is 3.20. The summed E-state index contributed by atoms with van der Waals surface area (Å²) in [6.45, 7) is 8.16. The maximum Gasteiger partial charge on any atom is 0.307 e. The number of hydrogen-bond donors (Lipinski definition) is 0. The number of ether oxygens (including phenoxy) is 3. The molecular weight excluding hydrogens is 346 g/mol. The number of rotatable bonds is 14. The van der Waals surface area contributed by atoms with Crippen LogP contribution < -0.4 is 0 Å². The molecule has 0 bridgehead atoms. The fraction of sp³-hybridized carbons (Fsp3) is 0.905. The minimum Gasteiger partial charge on any atom is -0.465 e. The smallest absolute Gasteiger partial charge is 0.307 e. The van der Waals surface area contributed by atoms with E-state index in [1.807, 2.05) is 14.0 Å². The number of hydrogen-bond acceptors (Lipinski definition) is 6. The summed E-state index contributed by atoms with van der Waals surface area (Å²) in [7, 11) is 2.00. The Bertz CT molecular complexity index is 407. The van der Waals surface area contributed by atoms with E-state index in [1.54, 1.807) is 0 Å². The average Bonchev–Trinajstić information content (AvgIpc) is 2.67. The van der Waals surface area contributed by atoms with Gasteiger partial charge in [-0.15, -0.1) is 0 Å². The summed E-state index contributed by atoms with van der Waals surface area (Å²) in [5, 5.41) is 0. The quantitative estimate of drug-likeness (QED) is 0.337. The van der Waals surface area contributed by atoms with Crippen molar-refractivity contribution in [1.82, 2.24) is 4.90 Å². The summed E-state index contributed by atoms with van der Waals surface area (Å²) < 4.78 is 16.2. The van der Waals surface area contributed by atoms with Crippen molar-refractivity contribution in [2.75, 3.05) is 46.6 Å². The minimum absolute atomic E-state index is 0.0875. The number of esters is 2. The molecule has 0 radical (unpaired) electrons. The summed E-state index contributed by atoms with van der Waals surface area (Å²) in [6.07, 6.45) is 6.96. The lowest BCUT2D eigenvalue weighted by atomic mass is 9.83. The number of carbonyl (C=O) groups excluding carboxylic acids is 2. The molecule has 0 amide bonds. The van der Waals surface area contributed by atoms with Gasteiger partial charge < -0.3 is 19.1 Å². The standard InChI is InChI=1S/C21H39NO5/c1-4-6-20(23)26-16-18-7-9-19(10-8-18)17-27-21(24)11-12-22(3)13-15-25-14-5-2/h18-19H,4-17H2,1-3H3. The van der Waals surface area contributed by atoms with Crippen LogP contribution in [0.5, 0.6) is 0 Å². The molecule has 6 heteroatoms. The third kappa shape index (κ3) is 12.0. The summed E-state index contributed by atoms with van der Waals surface area (Å²) in [5.74, 6) is 0.695. The van der Waals surface area contributed by atoms with Crippen LogP contribution in [0.4, 0.5) is 0 Å². The Morgan fingerprint density at radius 3 is 1.89 bits per heavy atom. The first kappa shape index (κ1) is 23.9. The van der Waals surface area contributed by atoms with Gasteiger partial charge in [-0.3, -0.25) is 9.59 Å². The fourth-order valence-electron chi connectivity index (χ4n) is 3.20. The first-order chi connectivity index (χ1) is 13.0. The van der Waals surface area contributed by atoms with Gasteiger partial charge in [-0.1, -0.05) is 13.8 Å². The lowest BCUT2D eigenvalue weighted by Gasteiger charge is -2.27. The van der Waals surface area contributed by atoms with E-state index < -0.39 is 0 Å². The van der Waals surface area contributed by atoms with E-state index in [4.69, 9.17) is 14.2 Å². The average molecular weight is 386 g/mol. The van der Waals surface area contributed by atoms with E-state index in [0.29, 0.717) is 51.0 Å². The van der Waals surface area contributed by atoms with Crippen molar-refractivity contribution in [3.8, 4) is 0 Å². The Kier molecular flexibility index (Phi) is 13.2. The van der Waals surface area contributed by atoms with Gasteiger partial charge in [0.05, 0.1) is 26.2 Å². The largest absolute Gasteiger partial charge is 0.465 e. The molecule has 0 unspecified atom stereocenters. The topological polar surface area (TPSA) is 65.1 Å². The first-order valence-corrected chi connectivity index (χ1v) is 10.6. The van der Waals surface area contributed by atoms with Crippen molar-refractivity contribution in [1.29, 1.82) is 0 Å². The second kappa shape index (κ2) is 14.9. The minimum atomic E-state index is -0.119. The molecular formula is C21H39NO5. The third-order valence-electron chi connectivity index (χ3n) is 5.04. The normalized spacial score (nSPS) is 19.9. The Hall–Kier alpha value is -1.14. The van der Waals surface area contributed by atoms with Crippen LogP contribution in [0.15, 0.2) is 0 Å². The molecule has 1 aliphatic rings. The zero-order chi connectivity index (χ0) is 19.9. The number of nitrogens with zero attached hydrogens (tertiary/aromatic N) is 1. The SMILES string of the molecule is CCCOCCN(C)CCC(=O)OCC1CCC(COC(=O)CCC)CC1. The molecule has 0 aromatic rings. The highest BCUT2D eigenvalue weighted by Crippen LogP contribution is 2.29. The zero-order valence-electron chi connectivity index (χ0n) is 17.5. The molecule has 1 rings (SSSR count). The van der Waals surface area contributed by atoms with Crippen LogP contribution in [0.25, 0.3) is 0 Å². The molecule has 0 spiro atoms. The molecule has 1 aliphatic carbocycles. The molecule has 0 aliphatic heterocycles. The highest BCUT2D eigenvalue weighted by molar-refractivity contribution is 5.69. The first-order valence-electron chi connectivity index (χ1n) is 10.6. The predicted octanol–water partition coefficient (Wildman–Crippen LogP) is 3.43. The van der Waals surface area contributed by atoms with E-state index in [1.165, 1.54) is 0 Å². The maximum atomic E-state index is 11.9. The van der Waals surface area contributed by atoms with Gasteiger partial charge in [-0.2, -0.15) is 0 Å². The highest BCUT2D eigenvalue weighted by Gasteiger charge is 2.23. The number of likely N-dealkylation sites (N-methyl/N-ethyl adjacent to an activating group) is 1. The predicted molar refractivity (Wildman–Crippen MR) is 105 cm³/mol. The Morgan fingerprint density at radius 1 is 0.815 bits per heavy atom. The van der Waals surface area contributed by atoms with Gasteiger partial charge in [0.1, 0.15) is 0 Å². The van der Waals surface area contributed by atoms with Crippen LogP contribution >= 0.6 is 0 Å². The van der Waals surface area contributed by atoms with Crippen molar-refractivity contribution < 1.29 is 23.8 Å². The van der Waals surface area contributed by atoms with Crippen LogP contribution in [0.1, 0.15) is 65.2 Å². The maximum absolute atomic E-state index is 11.9. The van der Waals surface area contributed by atoms with Gasteiger partial charge in [-0.25, -0.2) is 0 Å². The molecule has 0 atom stereocenters. The van der Waals surface area contributed by atoms with Crippen molar-refractivity contribution in [3.05, 3.63) is 0 Å². The summed E-state index contributed by atoms with van der Waals surface area (Å²) >= 11 is 0. The van der Waals surface area contributed by atoms with Gasteiger partial charge in [-0.05, 0) is 57.4 Å². The van der Waals surface area contributed by atoms with E-state index in [9.17, 15) is 9.59 Å². The molecule has 0 heterocycles. The van der Waals surface area contributed by atoms with E-state index in [0.717, 1.165) is 51.7 Å². The van der Waals surface area contributed by atoms with Crippen molar-refractivity contribution in [3.63, 3.8) is 0 Å². The van der Waals surface area contributed by atoms with E-state index in [-0.39, 0.29) is 11.9 Å². The summed E-state index contributed by atoms with van der Waals surface area (Å²) in [5.41, 5.74) is 0. The lowest BCUT2D eigenvalue weighted by molar-refractivity contribution is -0.147. The Labute approximate surface area is 164 Å². The van der Waals surface area contributed by atoms with Gasteiger partial charge in [0.25, 0.3) is 0 Å². The summed E-state index contributed by atoms with van der Waals surface area (Å²) in [4.78, 5) is 25.5. The van der Waals surface area contributed by atoms with Crippen molar-refractivity contribution >= 4 is 11.9 Å². The third-order valence-corrected chi connectivity index (χ3v) is 5.04. The van der Waals surface area contributed by atoms with Crippen LogP contribution in [0.2, 0.25) is 0 Å². The van der Waals surface area contributed by atoms with Gasteiger partial charge in [0.2, 0.25) is 0 Å². The van der Waals surface area contributed by atoms with Crippen molar-refractivity contribution in [2.24, 2.45) is 11.8 Å². The molecule has 6 nitrogen and oxygen atoms in total. The second-order valence-corrected chi connectivity index (χ2v) is 7.67. The zero-order valence-corrected chi connectivity index (χ0v) is 17.5. The molecule has 0 saturated heterocycles. The van der Waals surface area contributed by atoms with Crippen LogP contribution in [-0.2, 0) is 23.8 Å². The second-order valence-electron chi connectivity index (χ2n) is 7.67. The molecule has 0 N–H and O–H groups in total. The highest BCUT2D eigenvalue weighted by atomic mass is 16.5.